The van der Waals surface area contributed by atoms with E-state index >= 15 is 0 Å². The number of ether oxygens (including phenoxy) is 3. The number of benzene rings is 2. The maximum Gasteiger partial charge on any atom is 0.308 e. The van der Waals surface area contributed by atoms with Crippen molar-refractivity contribution in [3.8, 4) is 11.5 Å². The van der Waals surface area contributed by atoms with Gasteiger partial charge in [-0.3, -0.25) is 9.59 Å². The maximum atomic E-state index is 11.3. The molecule has 0 aliphatic rings. The van der Waals surface area contributed by atoms with Crippen LogP contribution in [-0.2, 0) is 31.9 Å². The van der Waals surface area contributed by atoms with E-state index in [9.17, 15) is 9.59 Å². The number of alkyl halides is 1. The number of hydrogen-bond donors (Lipinski definition) is 1. The number of phenols is 1. The Morgan fingerprint density at radius 3 is 1.60 bits per heavy atom. The van der Waals surface area contributed by atoms with Crippen molar-refractivity contribution in [3.05, 3.63) is 85.0 Å². The lowest BCUT2D eigenvalue weighted by Gasteiger charge is -2.09. The molecule has 192 valence electrons. The van der Waals surface area contributed by atoms with Crippen LogP contribution < -0.4 is 4.74 Å². The van der Waals surface area contributed by atoms with Crippen molar-refractivity contribution in [2.45, 2.75) is 26.7 Å². The summed E-state index contributed by atoms with van der Waals surface area (Å²) in [5.41, 5.74) is 2.11. The van der Waals surface area contributed by atoms with Crippen LogP contribution in [0.2, 0.25) is 0 Å². The standard InChI is InChI=1S/C14H18O3.C11H14O3.C3H5Br/c1-4-9-17-13-7-5-12(6-8-13)10-11(2)14(15)16-3;1-8(11(13)14-2)7-9-3-5-10(12)6-4-9;1-2-3-4/h4-8,11H,1,9-10H2,2-3H3;3-6,8,12H,7H2,1-2H3;2H,1,3H2. The summed E-state index contributed by atoms with van der Waals surface area (Å²) in [6.07, 6.45) is 4.80. The number of halogens is 1. The van der Waals surface area contributed by atoms with E-state index in [1.54, 1.807) is 36.4 Å². The minimum atomic E-state index is -0.210. The number of aromatic hydroxyl groups is 1. The Labute approximate surface area is 217 Å². The highest BCUT2D eigenvalue weighted by Gasteiger charge is 2.14. The third-order valence-electron chi connectivity index (χ3n) is 4.63. The fourth-order valence-electron chi connectivity index (χ4n) is 2.79. The minimum Gasteiger partial charge on any atom is -0.508 e. The average Bonchev–Trinajstić information content (AvgIpc) is 2.89. The summed E-state index contributed by atoms with van der Waals surface area (Å²) < 4.78 is 14.7. The van der Waals surface area contributed by atoms with E-state index in [-0.39, 0.29) is 29.5 Å². The minimum absolute atomic E-state index is 0.125. The summed E-state index contributed by atoms with van der Waals surface area (Å²) in [5, 5.41) is 9.95. The molecule has 2 rings (SSSR count). The van der Waals surface area contributed by atoms with E-state index in [0.717, 1.165) is 22.2 Å². The first kappa shape index (κ1) is 31.9. The molecule has 0 fully saturated rings. The zero-order valence-corrected chi connectivity index (χ0v) is 22.6. The second-order valence-electron chi connectivity index (χ2n) is 7.61. The molecule has 0 saturated heterocycles. The molecule has 0 aliphatic carbocycles. The van der Waals surface area contributed by atoms with Gasteiger partial charge in [-0.15, -0.1) is 6.58 Å². The zero-order chi connectivity index (χ0) is 26.6. The van der Waals surface area contributed by atoms with E-state index in [4.69, 9.17) is 9.84 Å². The molecule has 0 amide bonds. The molecule has 0 heterocycles. The highest BCUT2D eigenvalue weighted by molar-refractivity contribution is 9.09. The van der Waals surface area contributed by atoms with Crippen LogP contribution in [0.15, 0.2) is 73.8 Å². The number of hydrogen-bond acceptors (Lipinski definition) is 6. The maximum absolute atomic E-state index is 11.3. The molecule has 2 atom stereocenters. The number of rotatable bonds is 10. The van der Waals surface area contributed by atoms with Crippen LogP contribution >= 0.6 is 15.9 Å². The summed E-state index contributed by atoms with van der Waals surface area (Å²) in [6, 6.07) is 14.5. The van der Waals surface area contributed by atoms with Crippen molar-refractivity contribution >= 4 is 27.9 Å². The van der Waals surface area contributed by atoms with Crippen LogP contribution in [0, 0.1) is 11.8 Å². The van der Waals surface area contributed by atoms with Gasteiger partial charge in [-0.25, -0.2) is 0 Å². The van der Waals surface area contributed by atoms with Crippen molar-refractivity contribution < 1.29 is 28.9 Å². The predicted octanol–water partition coefficient (Wildman–Crippen LogP) is 5.91. The molecule has 0 radical (unpaired) electrons. The van der Waals surface area contributed by atoms with Gasteiger partial charge in [0.25, 0.3) is 0 Å². The number of esters is 2. The predicted molar refractivity (Wildman–Crippen MR) is 144 cm³/mol. The summed E-state index contributed by atoms with van der Waals surface area (Å²) in [6.45, 7) is 11.2. The molecule has 6 nitrogen and oxygen atoms in total. The van der Waals surface area contributed by atoms with Crippen LogP contribution in [0.1, 0.15) is 25.0 Å². The Balaban J connectivity index is 0.000000581. The molecular weight excluding hydrogens is 512 g/mol. The number of allylic oxidation sites excluding steroid dienone is 1. The first-order valence-corrected chi connectivity index (χ1v) is 12.3. The Morgan fingerprint density at radius 2 is 1.26 bits per heavy atom. The second-order valence-corrected chi connectivity index (χ2v) is 8.26. The topological polar surface area (TPSA) is 82.1 Å². The Bertz CT molecular complexity index is 877. The molecule has 1 N–H and O–H groups in total. The van der Waals surface area contributed by atoms with Crippen molar-refractivity contribution in [1.29, 1.82) is 0 Å². The zero-order valence-electron chi connectivity index (χ0n) is 21.0. The molecule has 0 bridgehead atoms. The molecule has 7 heteroatoms. The Hall–Kier alpha value is -3.06. The van der Waals surface area contributed by atoms with E-state index in [1.165, 1.54) is 14.2 Å². The number of phenolic OH excluding ortho intramolecular Hbond substituents is 1. The quantitative estimate of drug-likeness (QED) is 0.225. The van der Waals surface area contributed by atoms with Gasteiger partial charge in [0.05, 0.1) is 26.1 Å². The monoisotopic (exact) mass is 548 g/mol. The van der Waals surface area contributed by atoms with Gasteiger partial charge in [-0.2, -0.15) is 0 Å². The first-order valence-electron chi connectivity index (χ1n) is 11.1. The highest BCUT2D eigenvalue weighted by atomic mass is 79.9. The van der Waals surface area contributed by atoms with E-state index in [1.807, 2.05) is 38.1 Å². The normalized spacial score (nSPS) is 11.2. The van der Waals surface area contributed by atoms with Gasteiger partial charge in [-0.1, -0.05) is 72.8 Å². The van der Waals surface area contributed by atoms with E-state index < -0.39 is 0 Å². The summed E-state index contributed by atoms with van der Waals surface area (Å²) in [5.74, 6) is 0.374. The van der Waals surface area contributed by atoms with Gasteiger partial charge in [0.15, 0.2) is 0 Å². The van der Waals surface area contributed by atoms with Gasteiger partial charge < -0.3 is 19.3 Å². The molecule has 35 heavy (non-hydrogen) atoms. The van der Waals surface area contributed by atoms with Crippen LogP contribution in [0.5, 0.6) is 11.5 Å². The molecule has 2 unspecified atom stereocenters. The summed E-state index contributed by atoms with van der Waals surface area (Å²) in [7, 11) is 2.79. The number of carbonyl (C=O) groups is 2. The van der Waals surface area contributed by atoms with Crippen LogP contribution in [-0.4, -0.2) is 43.2 Å². The fourth-order valence-corrected chi connectivity index (χ4v) is 2.79. The molecule has 2 aromatic rings. The Morgan fingerprint density at radius 1 is 0.857 bits per heavy atom. The largest absolute Gasteiger partial charge is 0.508 e. The average molecular weight is 550 g/mol. The summed E-state index contributed by atoms with van der Waals surface area (Å²) >= 11 is 3.13. The van der Waals surface area contributed by atoms with Gasteiger partial charge in [0.1, 0.15) is 18.1 Å². The lowest BCUT2D eigenvalue weighted by molar-refractivity contribution is -0.145. The molecular formula is C28H37BrO6. The summed E-state index contributed by atoms with van der Waals surface area (Å²) in [4.78, 5) is 22.4. The molecule has 0 saturated carbocycles. The van der Waals surface area contributed by atoms with Crippen LogP contribution in [0.25, 0.3) is 0 Å². The van der Waals surface area contributed by atoms with Crippen LogP contribution in [0.4, 0.5) is 0 Å². The van der Waals surface area contributed by atoms with Crippen molar-refractivity contribution in [2.75, 3.05) is 26.2 Å². The third-order valence-corrected chi connectivity index (χ3v) is 5.09. The number of methoxy groups -OCH3 is 2. The first-order chi connectivity index (χ1) is 16.7. The SMILES string of the molecule is C=CCBr.C=CCOc1ccc(CC(C)C(=O)OC)cc1.COC(=O)C(C)Cc1ccc(O)cc1. The smallest absolute Gasteiger partial charge is 0.308 e. The molecule has 2 aromatic carbocycles. The van der Waals surface area contributed by atoms with Crippen LogP contribution in [0.3, 0.4) is 0 Å². The van der Waals surface area contributed by atoms with E-state index in [2.05, 4.69) is 38.6 Å². The van der Waals surface area contributed by atoms with Crippen molar-refractivity contribution in [3.63, 3.8) is 0 Å². The number of carbonyl (C=O) groups excluding carboxylic acids is 2. The highest BCUT2D eigenvalue weighted by Crippen LogP contribution is 2.16. The molecule has 0 aliphatic heterocycles. The third kappa shape index (κ3) is 14.7. The van der Waals surface area contributed by atoms with Gasteiger partial charge in [0.2, 0.25) is 0 Å². The molecule has 0 aromatic heterocycles. The lowest BCUT2D eigenvalue weighted by atomic mass is 10.0. The van der Waals surface area contributed by atoms with E-state index in [0.29, 0.717) is 19.4 Å². The Kier molecular flexibility index (Phi) is 17.6. The van der Waals surface area contributed by atoms with Gasteiger partial charge in [-0.05, 0) is 48.2 Å². The molecule has 0 spiro atoms. The second kappa shape index (κ2) is 19.3. The lowest BCUT2D eigenvalue weighted by Crippen LogP contribution is -2.14. The fraction of sp³-hybridized carbons (Fsp3) is 0.357. The van der Waals surface area contributed by atoms with Crippen molar-refractivity contribution in [1.82, 2.24) is 0 Å². The van der Waals surface area contributed by atoms with Crippen molar-refractivity contribution in [2.24, 2.45) is 11.8 Å². The van der Waals surface area contributed by atoms with Gasteiger partial charge >= 0.3 is 11.9 Å². The van der Waals surface area contributed by atoms with Gasteiger partial charge in [0, 0.05) is 5.33 Å².